The average molecular weight is 436 g/mol. The van der Waals surface area contributed by atoms with E-state index in [1.807, 2.05) is 62.0 Å². The molecule has 1 aromatic carbocycles. The quantitative estimate of drug-likeness (QED) is 0.691. The molecule has 0 spiro atoms. The fraction of sp³-hybridized carbons (Fsp3) is 0.357. The van der Waals surface area contributed by atoms with Crippen molar-refractivity contribution in [2.75, 3.05) is 38.0 Å². The monoisotopic (exact) mass is 436 g/mol. The van der Waals surface area contributed by atoms with Crippen molar-refractivity contribution in [2.24, 2.45) is 0 Å². The minimum atomic E-state index is 0. The molecule has 0 aliphatic heterocycles. The first-order chi connectivity index (χ1) is 8.52. The van der Waals surface area contributed by atoms with E-state index >= 15 is 0 Å². The maximum Gasteiger partial charge on any atom is 0.155 e. The van der Waals surface area contributed by atoms with Gasteiger partial charge in [-0.2, -0.15) is 29.4 Å². The summed E-state index contributed by atoms with van der Waals surface area (Å²) in [4.78, 5) is 4.11. The first-order valence-electron chi connectivity index (χ1n) is 5.93. The minimum absolute atomic E-state index is 0. The molecule has 1 heterocycles. The van der Waals surface area contributed by atoms with Gasteiger partial charge in [0, 0.05) is 53.9 Å². The van der Waals surface area contributed by atoms with Crippen molar-refractivity contribution >= 4 is 11.6 Å². The number of nitrogens with zero attached hydrogens (tertiary/aromatic N) is 4. The van der Waals surface area contributed by atoms with Gasteiger partial charge in [0.2, 0.25) is 0 Å². The van der Waals surface area contributed by atoms with Crippen LogP contribution in [0.15, 0.2) is 24.3 Å². The molecule has 0 amide bonds. The third-order valence-corrected chi connectivity index (χ3v) is 2.83. The Labute approximate surface area is 128 Å². The fourth-order valence-electron chi connectivity index (χ4n) is 2.11. The SMILES string of the molecule is Cc1c(N(C)C)nn(-c2[c-]cccc2)c1N(C)C.[Ir]. The van der Waals surface area contributed by atoms with Crippen LogP contribution in [0, 0.1) is 13.0 Å². The molecular weight excluding hydrogens is 416 g/mol. The molecule has 0 bridgehead atoms. The zero-order chi connectivity index (χ0) is 13.3. The molecule has 0 unspecified atom stereocenters. The molecule has 0 atom stereocenters. The van der Waals surface area contributed by atoms with E-state index in [0.717, 1.165) is 17.3 Å². The van der Waals surface area contributed by atoms with E-state index < -0.39 is 0 Å². The summed E-state index contributed by atoms with van der Waals surface area (Å²) in [6.07, 6.45) is 0. The van der Waals surface area contributed by atoms with Crippen LogP contribution in [0.2, 0.25) is 0 Å². The van der Waals surface area contributed by atoms with Crippen LogP contribution in [0.3, 0.4) is 0 Å². The van der Waals surface area contributed by atoms with Crippen LogP contribution in [-0.4, -0.2) is 38.0 Å². The van der Waals surface area contributed by atoms with Crippen molar-refractivity contribution < 1.29 is 20.1 Å². The van der Waals surface area contributed by atoms with Gasteiger partial charge in [0.25, 0.3) is 0 Å². The summed E-state index contributed by atoms with van der Waals surface area (Å²) in [7, 11) is 8.08. The summed E-state index contributed by atoms with van der Waals surface area (Å²) in [6, 6.07) is 11.1. The Morgan fingerprint density at radius 2 is 1.79 bits per heavy atom. The Morgan fingerprint density at radius 3 is 2.26 bits per heavy atom. The van der Waals surface area contributed by atoms with E-state index in [0.29, 0.717) is 0 Å². The minimum Gasteiger partial charge on any atom is -0.362 e. The number of hydrogen-bond acceptors (Lipinski definition) is 3. The molecule has 4 nitrogen and oxygen atoms in total. The largest absolute Gasteiger partial charge is 0.362 e. The predicted octanol–water partition coefficient (Wildman–Crippen LogP) is 2.11. The Kier molecular flexibility index (Phi) is 5.15. The second-order valence-corrected chi connectivity index (χ2v) is 4.72. The molecule has 5 heteroatoms. The smallest absolute Gasteiger partial charge is 0.155 e. The maximum atomic E-state index is 4.67. The van der Waals surface area contributed by atoms with Gasteiger partial charge in [0.15, 0.2) is 5.82 Å². The van der Waals surface area contributed by atoms with Gasteiger partial charge in [-0.3, -0.25) is 0 Å². The van der Waals surface area contributed by atoms with Gasteiger partial charge in [-0.1, -0.05) is 0 Å². The standard InChI is InChI=1S/C14H19N4.Ir/c1-11-13(16(2)3)15-18(14(11)17(4)5)12-9-7-6-8-10-12;/h6-9H,1-5H3;/q-1;. The van der Waals surface area contributed by atoms with Gasteiger partial charge in [-0.15, -0.1) is 6.07 Å². The van der Waals surface area contributed by atoms with Gasteiger partial charge < -0.3 is 9.80 Å². The Balaban J connectivity index is 0.00000180. The number of aromatic nitrogens is 2. The first-order valence-corrected chi connectivity index (χ1v) is 5.93. The molecule has 0 fully saturated rings. The summed E-state index contributed by atoms with van der Waals surface area (Å²) < 4.78 is 1.94. The molecule has 0 N–H and O–H groups in total. The van der Waals surface area contributed by atoms with Crippen molar-refractivity contribution in [3.8, 4) is 5.69 Å². The topological polar surface area (TPSA) is 24.3 Å². The molecular formula is C14H19IrN4-. The van der Waals surface area contributed by atoms with Gasteiger partial charge in [-0.05, 0) is 12.6 Å². The number of hydrogen-bond donors (Lipinski definition) is 0. The number of rotatable bonds is 3. The Bertz CT molecular complexity index is 532. The number of para-hydroxylation sites is 1. The summed E-state index contributed by atoms with van der Waals surface area (Å²) >= 11 is 0. The molecule has 2 aromatic rings. The van der Waals surface area contributed by atoms with Gasteiger partial charge >= 0.3 is 0 Å². The maximum absolute atomic E-state index is 4.67. The normalized spacial score (nSPS) is 9.95. The van der Waals surface area contributed by atoms with E-state index in [4.69, 9.17) is 0 Å². The Hall–Kier alpha value is -1.32. The van der Waals surface area contributed by atoms with Crippen LogP contribution in [0.25, 0.3) is 5.69 Å². The van der Waals surface area contributed by atoms with Crippen LogP contribution in [-0.2, 0) is 20.1 Å². The van der Waals surface area contributed by atoms with Gasteiger partial charge in [-0.25, -0.2) is 4.68 Å². The van der Waals surface area contributed by atoms with Crippen molar-refractivity contribution in [2.45, 2.75) is 6.92 Å². The van der Waals surface area contributed by atoms with Crippen LogP contribution in [0.4, 0.5) is 11.6 Å². The van der Waals surface area contributed by atoms with E-state index in [1.54, 1.807) is 0 Å². The van der Waals surface area contributed by atoms with Crippen molar-refractivity contribution in [3.05, 3.63) is 35.9 Å². The van der Waals surface area contributed by atoms with Gasteiger partial charge in [0.05, 0.1) is 0 Å². The van der Waals surface area contributed by atoms with Crippen molar-refractivity contribution in [1.29, 1.82) is 0 Å². The molecule has 0 aliphatic carbocycles. The second-order valence-electron chi connectivity index (χ2n) is 4.72. The van der Waals surface area contributed by atoms with E-state index in [2.05, 4.69) is 23.0 Å². The first kappa shape index (κ1) is 15.7. The second kappa shape index (κ2) is 6.22. The average Bonchev–Trinajstić information content (AvgIpc) is 2.68. The fourth-order valence-corrected chi connectivity index (χ4v) is 2.11. The molecule has 0 saturated carbocycles. The van der Waals surface area contributed by atoms with Crippen LogP contribution < -0.4 is 9.80 Å². The van der Waals surface area contributed by atoms with E-state index in [9.17, 15) is 0 Å². The summed E-state index contributed by atoms with van der Waals surface area (Å²) in [5, 5.41) is 4.67. The van der Waals surface area contributed by atoms with E-state index in [1.165, 1.54) is 5.56 Å². The molecule has 2 rings (SSSR count). The summed E-state index contributed by atoms with van der Waals surface area (Å²) in [5.74, 6) is 2.07. The molecule has 1 radical (unpaired) electrons. The van der Waals surface area contributed by atoms with Crippen LogP contribution >= 0.6 is 0 Å². The molecule has 0 saturated heterocycles. The third-order valence-electron chi connectivity index (χ3n) is 2.83. The van der Waals surface area contributed by atoms with Crippen LogP contribution in [0.5, 0.6) is 0 Å². The molecule has 0 aliphatic rings. The predicted molar refractivity (Wildman–Crippen MR) is 75.8 cm³/mol. The van der Waals surface area contributed by atoms with Gasteiger partial charge in [0.1, 0.15) is 5.82 Å². The molecule has 1 aromatic heterocycles. The van der Waals surface area contributed by atoms with Crippen molar-refractivity contribution in [3.63, 3.8) is 0 Å². The molecule has 105 valence electrons. The van der Waals surface area contributed by atoms with Crippen molar-refractivity contribution in [1.82, 2.24) is 9.78 Å². The summed E-state index contributed by atoms with van der Waals surface area (Å²) in [6.45, 7) is 2.09. The van der Waals surface area contributed by atoms with Crippen LogP contribution in [0.1, 0.15) is 5.56 Å². The number of benzene rings is 1. The third kappa shape index (κ3) is 2.99. The zero-order valence-corrected chi connectivity index (χ0v) is 14.3. The molecule has 19 heavy (non-hydrogen) atoms. The zero-order valence-electron chi connectivity index (χ0n) is 11.9. The number of anilines is 2. The van der Waals surface area contributed by atoms with E-state index in [-0.39, 0.29) is 20.1 Å². The summed E-state index contributed by atoms with van der Waals surface area (Å²) in [5.41, 5.74) is 2.12. The Morgan fingerprint density at radius 1 is 1.11 bits per heavy atom.